The lowest BCUT2D eigenvalue weighted by Crippen LogP contribution is -2.50. The van der Waals surface area contributed by atoms with Crippen LogP contribution in [-0.4, -0.2) is 70.5 Å². The Morgan fingerprint density at radius 1 is 1.13 bits per heavy atom. The van der Waals surface area contributed by atoms with Crippen LogP contribution in [0.25, 0.3) is 0 Å². The van der Waals surface area contributed by atoms with Gasteiger partial charge in [-0.05, 0) is 62.8 Å². The number of aliphatic hydroxyl groups excluding tert-OH is 2. The van der Waals surface area contributed by atoms with Crippen LogP contribution >= 0.6 is 0 Å². The third kappa shape index (κ3) is 6.91. The fourth-order valence-corrected chi connectivity index (χ4v) is 5.08. The lowest BCUT2D eigenvalue weighted by molar-refractivity contribution is 0.0335. The van der Waals surface area contributed by atoms with Gasteiger partial charge in [-0.25, -0.2) is 0 Å². The molecule has 0 saturated carbocycles. The number of nitrogens with zero attached hydrogens (tertiary/aromatic N) is 2. The molecule has 0 radical (unpaired) electrons. The number of hydrogen-bond donors (Lipinski definition) is 2. The third-order valence-corrected chi connectivity index (χ3v) is 6.78. The van der Waals surface area contributed by atoms with E-state index in [4.69, 9.17) is 4.74 Å². The number of rotatable bonds is 11. The summed E-state index contributed by atoms with van der Waals surface area (Å²) in [5, 5.41) is 20.0. The summed E-state index contributed by atoms with van der Waals surface area (Å²) in [6.45, 7) is 12.5. The molecule has 2 fully saturated rings. The van der Waals surface area contributed by atoms with Gasteiger partial charge in [0.05, 0.1) is 6.10 Å². The molecule has 3 rings (SSSR count). The maximum Gasteiger partial charge on any atom is 0.119 e. The zero-order chi connectivity index (χ0) is 22.1. The van der Waals surface area contributed by atoms with E-state index < -0.39 is 6.10 Å². The molecule has 31 heavy (non-hydrogen) atoms. The van der Waals surface area contributed by atoms with Crippen molar-refractivity contribution in [1.29, 1.82) is 0 Å². The van der Waals surface area contributed by atoms with Crippen LogP contribution in [0.4, 0.5) is 0 Å². The van der Waals surface area contributed by atoms with Crippen LogP contribution < -0.4 is 4.74 Å². The van der Waals surface area contributed by atoms with E-state index in [1.807, 2.05) is 24.3 Å². The minimum Gasteiger partial charge on any atom is -0.491 e. The van der Waals surface area contributed by atoms with Crippen LogP contribution in [0.3, 0.4) is 0 Å². The van der Waals surface area contributed by atoms with Gasteiger partial charge >= 0.3 is 0 Å². The molecule has 2 saturated heterocycles. The molecule has 5 nitrogen and oxygen atoms in total. The summed E-state index contributed by atoms with van der Waals surface area (Å²) in [7, 11) is 0. The van der Waals surface area contributed by atoms with Crippen molar-refractivity contribution in [2.24, 2.45) is 0 Å². The predicted octanol–water partition coefficient (Wildman–Crippen LogP) is 3.76. The number of piperidine rings is 2. The van der Waals surface area contributed by atoms with Gasteiger partial charge in [-0.1, -0.05) is 30.7 Å². The molecular weight excluding hydrogens is 388 g/mol. The van der Waals surface area contributed by atoms with Gasteiger partial charge in [0.15, 0.2) is 0 Å². The largest absolute Gasteiger partial charge is 0.491 e. The molecule has 0 aromatic heterocycles. The van der Waals surface area contributed by atoms with Crippen LogP contribution in [0, 0.1) is 0 Å². The van der Waals surface area contributed by atoms with Gasteiger partial charge in [0.1, 0.15) is 18.5 Å². The van der Waals surface area contributed by atoms with Crippen LogP contribution in [0.15, 0.2) is 49.6 Å². The van der Waals surface area contributed by atoms with Crippen molar-refractivity contribution in [2.75, 3.05) is 32.8 Å². The first-order chi connectivity index (χ1) is 15.0. The van der Waals surface area contributed by atoms with E-state index in [1.54, 1.807) is 0 Å². The van der Waals surface area contributed by atoms with Crippen molar-refractivity contribution in [1.82, 2.24) is 9.80 Å². The summed E-state index contributed by atoms with van der Waals surface area (Å²) in [6.07, 6.45) is 10.6. The second-order valence-corrected chi connectivity index (χ2v) is 9.23. The quantitative estimate of drug-likeness (QED) is 0.526. The maximum absolute atomic E-state index is 10.4. The van der Waals surface area contributed by atoms with Gasteiger partial charge in [-0.3, -0.25) is 4.90 Å². The molecule has 1 aromatic carbocycles. The van der Waals surface area contributed by atoms with E-state index in [0.29, 0.717) is 6.54 Å². The molecule has 2 aliphatic rings. The summed E-state index contributed by atoms with van der Waals surface area (Å²) in [6, 6.07) is 8.26. The SMILES string of the molecule is C=CCC1(CC=C)CCCCN1Cc1cccc(OCC(O)CN2CCC(O)CC2)c1. The minimum atomic E-state index is -0.533. The first kappa shape index (κ1) is 24.0. The van der Waals surface area contributed by atoms with Gasteiger partial charge in [-0.15, -0.1) is 13.2 Å². The zero-order valence-electron chi connectivity index (χ0n) is 18.9. The van der Waals surface area contributed by atoms with E-state index in [0.717, 1.165) is 57.6 Å². The average molecular weight is 429 g/mol. The van der Waals surface area contributed by atoms with Crippen molar-refractivity contribution in [2.45, 2.75) is 69.2 Å². The Kier molecular flexibility index (Phi) is 9.15. The summed E-state index contributed by atoms with van der Waals surface area (Å²) < 4.78 is 5.93. The highest BCUT2D eigenvalue weighted by Gasteiger charge is 2.36. The molecule has 1 atom stereocenters. The van der Waals surface area contributed by atoms with Gasteiger partial charge < -0.3 is 19.8 Å². The Hall–Kier alpha value is -1.66. The first-order valence-electron chi connectivity index (χ1n) is 11.8. The lowest BCUT2D eigenvalue weighted by atomic mass is 9.80. The molecule has 2 aliphatic heterocycles. The Morgan fingerprint density at radius 3 is 2.58 bits per heavy atom. The molecule has 1 aromatic rings. The molecule has 2 heterocycles. The lowest BCUT2D eigenvalue weighted by Gasteiger charge is -2.47. The molecule has 0 aliphatic carbocycles. The van der Waals surface area contributed by atoms with Crippen molar-refractivity contribution < 1.29 is 14.9 Å². The Labute approximate surface area is 188 Å². The summed E-state index contributed by atoms with van der Waals surface area (Å²) in [4.78, 5) is 4.80. The molecular formula is C26H40N2O3. The molecule has 0 bridgehead atoms. The minimum absolute atomic E-state index is 0.122. The zero-order valence-corrected chi connectivity index (χ0v) is 18.9. The average Bonchev–Trinajstić information content (AvgIpc) is 2.76. The topological polar surface area (TPSA) is 56.2 Å². The number of β-amino-alcohol motifs (C(OH)–C–C–N with tert-alkyl or cyclic N) is 1. The number of aliphatic hydroxyl groups is 2. The molecule has 5 heteroatoms. The number of likely N-dealkylation sites (tertiary alicyclic amines) is 2. The van der Waals surface area contributed by atoms with E-state index in [9.17, 15) is 10.2 Å². The predicted molar refractivity (Wildman–Crippen MR) is 126 cm³/mol. The first-order valence-corrected chi connectivity index (χ1v) is 11.8. The highest BCUT2D eigenvalue weighted by atomic mass is 16.5. The van der Waals surface area contributed by atoms with Crippen LogP contribution in [-0.2, 0) is 6.54 Å². The van der Waals surface area contributed by atoms with E-state index >= 15 is 0 Å². The standard InChI is InChI=1S/C26H40N2O3/c1-3-12-26(13-4-2)14-5-6-15-28(26)19-22-8-7-9-25(18-22)31-21-24(30)20-27-16-10-23(29)11-17-27/h3-4,7-9,18,23-24,29-30H,1-2,5-6,10-17,19-21H2. The van der Waals surface area contributed by atoms with Gasteiger partial charge in [0.25, 0.3) is 0 Å². The van der Waals surface area contributed by atoms with Crippen LogP contribution in [0.2, 0.25) is 0 Å². The van der Waals surface area contributed by atoms with Gasteiger partial charge in [0.2, 0.25) is 0 Å². The summed E-state index contributed by atoms with van der Waals surface area (Å²) in [5.74, 6) is 0.806. The van der Waals surface area contributed by atoms with Crippen LogP contribution in [0.5, 0.6) is 5.75 Å². The third-order valence-electron chi connectivity index (χ3n) is 6.78. The summed E-state index contributed by atoms with van der Waals surface area (Å²) in [5.41, 5.74) is 1.35. The molecule has 0 spiro atoms. The normalized spacial score (nSPS) is 21.5. The van der Waals surface area contributed by atoms with Crippen molar-refractivity contribution >= 4 is 0 Å². The fourth-order valence-electron chi connectivity index (χ4n) is 5.08. The van der Waals surface area contributed by atoms with Crippen molar-refractivity contribution in [3.63, 3.8) is 0 Å². The Morgan fingerprint density at radius 2 is 1.87 bits per heavy atom. The monoisotopic (exact) mass is 428 g/mol. The highest BCUT2D eigenvalue weighted by molar-refractivity contribution is 5.29. The Balaban J connectivity index is 1.55. The second-order valence-electron chi connectivity index (χ2n) is 9.23. The van der Waals surface area contributed by atoms with Crippen LogP contribution in [0.1, 0.15) is 50.5 Å². The number of ether oxygens (including phenoxy) is 1. The maximum atomic E-state index is 10.4. The van der Waals surface area contributed by atoms with Crippen molar-refractivity contribution in [3.8, 4) is 5.75 Å². The van der Waals surface area contributed by atoms with E-state index in [-0.39, 0.29) is 18.2 Å². The number of hydrogen-bond acceptors (Lipinski definition) is 5. The molecule has 1 unspecified atom stereocenters. The molecule has 0 amide bonds. The fraction of sp³-hybridized carbons (Fsp3) is 0.615. The van der Waals surface area contributed by atoms with Crippen molar-refractivity contribution in [3.05, 3.63) is 55.1 Å². The molecule has 172 valence electrons. The summed E-state index contributed by atoms with van der Waals surface area (Å²) >= 11 is 0. The molecule has 2 N–H and O–H groups in total. The van der Waals surface area contributed by atoms with E-state index in [2.05, 4.69) is 35.1 Å². The highest BCUT2D eigenvalue weighted by Crippen LogP contribution is 2.36. The van der Waals surface area contributed by atoms with Gasteiger partial charge in [0, 0.05) is 31.7 Å². The smallest absolute Gasteiger partial charge is 0.119 e. The second kappa shape index (κ2) is 11.8. The Bertz CT molecular complexity index is 690. The number of benzene rings is 1. The van der Waals surface area contributed by atoms with Gasteiger partial charge in [-0.2, -0.15) is 0 Å². The van der Waals surface area contributed by atoms with E-state index in [1.165, 1.54) is 24.8 Å².